The van der Waals surface area contributed by atoms with E-state index < -0.39 is 0 Å². The molecule has 21 heavy (non-hydrogen) atoms. The lowest BCUT2D eigenvalue weighted by molar-refractivity contribution is -0.116. The molecule has 2 N–H and O–H groups in total. The molecule has 0 unspecified atom stereocenters. The fourth-order valence-corrected chi connectivity index (χ4v) is 2.40. The molecule has 4 nitrogen and oxygen atoms in total. The number of anilines is 1. The standard InChI is InChI=1S/C17H17N3O/c1-12-5-4-8-16(19-12)20-17(21)10-9-13-11-18-15-7-3-2-6-14(13)15/h2-8,11,18H,9-10H2,1H3,(H,19,20,21). The highest BCUT2D eigenvalue weighted by molar-refractivity contribution is 5.90. The fourth-order valence-electron chi connectivity index (χ4n) is 2.40. The highest BCUT2D eigenvalue weighted by atomic mass is 16.1. The lowest BCUT2D eigenvalue weighted by Gasteiger charge is -2.04. The molecule has 0 aliphatic rings. The Bertz CT molecular complexity index is 776. The molecule has 1 aromatic carbocycles. The summed E-state index contributed by atoms with van der Waals surface area (Å²) in [5, 5.41) is 4.01. The van der Waals surface area contributed by atoms with Crippen molar-refractivity contribution in [2.75, 3.05) is 5.32 Å². The summed E-state index contributed by atoms with van der Waals surface area (Å²) in [6, 6.07) is 13.7. The quantitative estimate of drug-likeness (QED) is 0.768. The smallest absolute Gasteiger partial charge is 0.225 e. The van der Waals surface area contributed by atoms with E-state index in [1.807, 2.05) is 43.5 Å². The van der Waals surface area contributed by atoms with E-state index in [1.54, 1.807) is 6.07 Å². The van der Waals surface area contributed by atoms with Crippen LogP contribution in [0.15, 0.2) is 48.7 Å². The zero-order valence-corrected chi connectivity index (χ0v) is 11.9. The number of nitrogens with one attached hydrogen (secondary N) is 2. The third-order valence-corrected chi connectivity index (χ3v) is 3.45. The molecule has 3 aromatic rings. The first kappa shape index (κ1) is 13.4. The number of fused-ring (bicyclic) bond motifs is 1. The van der Waals surface area contributed by atoms with Crippen LogP contribution in [0.1, 0.15) is 17.7 Å². The Morgan fingerprint density at radius 3 is 2.90 bits per heavy atom. The number of aromatic nitrogens is 2. The topological polar surface area (TPSA) is 57.8 Å². The molecule has 0 aliphatic carbocycles. The van der Waals surface area contributed by atoms with Gasteiger partial charge >= 0.3 is 0 Å². The molecule has 3 rings (SSSR count). The first-order chi connectivity index (χ1) is 10.2. The Hall–Kier alpha value is -2.62. The van der Waals surface area contributed by atoms with Crippen molar-refractivity contribution in [2.45, 2.75) is 19.8 Å². The van der Waals surface area contributed by atoms with Crippen molar-refractivity contribution in [2.24, 2.45) is 0 Å². The predicted octanol–water partition coefficient (Wildman–Crippen LogP) is 3.44. The van der Waals surface area contributed by atoms with Crippen LogP contribution < -0.4 is 5.32 Å². The van der Waals surface area contributed by atoms with E-state index in [0.717, 1.165) is 16.8 Å². The number of pyridine rings is 1. The summed E-state index contributed by atoms with van der Waals surface area (Å²) < 4.78 is 0. The van der Waals surface area contributed by atoms with E-state index in [2.05, 4.69) is 21.4 Å². The molecule has 106 valence electrons. The van der Waals surface area contributed by atoms with Crippen LogP contribution in [-0.2, 0) is 11.2 Å². The van der Waals surface area contributed by atoms with Crippen LogP contribution in [-0.4, -0.2) is 15.9 Å². The number of para-hydroxylation sites is 1. The highest BCUT2D eigenvalue weighted by Gasteiger charge is 2.07. The molecule has 1 amide bonds. The number of amides is 1. The summed E-state index contributed by atoms with van der Waals surface area (Å²) in [6.45, 7) is 1.90. The highest BCUT2D eigenvalue weighted by Crippen LogP contribution is 2.19. The van der Waals surface area contributed by atoms with Gasteiger partial charge in [0.25, 0.3) is 0 Å². The van der Waals surface area contributed by atoms with Crippen molar-refractivity contribution in [1.29, 1.82) is 0 Å². The Morgan fingerprint density at radius 1 is 1.19 bits per heavy atom. The fraction of sp³-hybridized carbons (Fsp3) is 0.176. The molecule has 0 saturated carbocycles. The Labute approximate surface area is 123 Å². The molecule has 0 spiro atoms. The van der Waals surface area contributed by atoms with Crippen LogP contribution in [0.25, 0.3) is 10.9 Å². The van der Waals surface area contributed by atoms with Gasteiger partial charge in [-0.3, -0.25) is 4.79 Å². The van der Waals surface area contributed by atoms with Gasteiger partial charge < -0.3 is 10.3 Å². The number of rotatable bonds is 4. The zero-order valence-electron chi connectivity index (χ0n) is 11.9. The second-order valence-electron chi connectivity index (χ2n) is 5.07. The van der Waals surface area contributed by atoms with E-state index in [0.29, 0.717) is 18.7 Å². The zero-order chi connectivity index (χ0) is 14.7. The van der Waals surface area contributed by atoms with Crippen LogP contribution in [0.2, 0.25) is 0 Å². The molecule has 0 aliphatic heterocycles. The number of hydrogen-bond donors (Lipinski definition) is 2. The molecule has 2 heterocycles. The molecule has 2 aromatic heterocycles. The number of aryl methyl sites for hydroxylation is 2. The van der Waals surface area contributed by atoms with Gasteiger partial charge in [0.15, 0.2) is 0 Å². The average molecular weight is 279 g/mol. The van der Waals surface area contributed by atoms with Gasteiger partial charge in [-0.15, -0.1) is 0 Å². The molecule has 4 heteroatoms. The van der Waals surface area contributed by atoms with Crippen LogP contribution in [0.3, 0.4) is 0 Å². The summed E-state index contributed by atoms with van der Waals surface area (Å²) in [5.41, 5.74) is 3.16. The molecule has 0 atom stereocenters. The van der Waals surface area contributed by atoms with Crippen molar-refractivity contribution in [1.82, 2.24) is 9.97 Å². The lowest BCUT2D eigenvalue weighted by Crippen LogP contribution is -2.13. The minimum atomic E-state index is -0.0154. The lowest BCUT2D eigenvalue weighted by atomic mass is 10.1. The minimum Gasteiger partial charge on any atom is -0.361 e. The second-order valence-corrected chi connectivity index (χ2v) is 5.07. The third-order valence-electron chi connectivity index (χ3n) is 3.45. The summed E-state index contributed by atoms with van der Waals surface area (Å²) in [5.74, 6) is 0.595. The van der Waals surface area contributed by atoms with Gasteiger partial charge in [-0.2, -0.15) is 0 Å². The van der Waals surface area contributed by atoms with Gasteiger partial charge in [-0.05, 0) is 37.1 Å². The number of benzene rings is 1. The number of hydrogen-bond acceptors (Lipinski definition) is 2. The van der Waals surface area contributed by atoms with Gasteiger partial charge in [-0.25, -0.2) is 4.98 Å². The van der Waals surface area contributed by atoms with Gasteiger partial charge in [0.05, 0.1) is 0 Å². The van der Waals surface area contributed by atoms with Crippen molar-refractivity contribution in [3.05, 3.63) is 59.9 Å². The first-order valence-corrected chi connectivity index (χ1v) is 7.01. The summed E-state index contributed by atoms with van der Waals surface area (Å²) in [7, 11) is 0. The number of nitrogens with zero attached hydrogens (tertiary/aromatic N) is 1. The van der Waals surface area contributed by atoms with Gasteiger partial charge in [0, 0.05) is 29.2 Å². The minimum absolute atomic E-state index is 0.0154. The summed E-state index contributed by atoms with van der Waals surface area (Å²) in [4.78, 5) is 19.5. The number of H-pyrrole nitrogens is 1. The monoisotopic (exact) mass is 279 g/mol. The number of carbonyl (C=O) groups excluding carboxylic acids is 1. The maximum absolute atomic E-state index is 12.0. The largest absolute Gasteiger partial charge is 0.361 e. The SMILES string of the molecule is Cc1cccc(NC(=O)CCc2c[nH]c3ccccc23)n1. The van der Waals surface area contributed by atoms with Crippen LogP contribution >= 0.6 is 0 Å². The summed E-state index contributed by atoms with van der Waals surface area (Å²) >= 11 is 0. The molecule has 0 bridgehead atoms. The van der Waals surface area contributed by atoms with Crippen LogP contribution in [0.4, 0.5) is 5.82 Å². The maximum Gasteiger partial charge on any atom is 0.225 e. The Kier molecular flexibility index (Phi) is 3.69. The van der Waals surface area contributed by atoms with Crippen LogP contribution in [0.5, 0.6) is 0 Å². The van der Waals surface area contributed by atoms with E-state index in [1.165, 1.54) is 5.39 Å². The van der Waals surface area contributed by atoms with E-state index in [4.69, 9.17) is 0 Å². The molecular formula is C17H17N3O. The van der Waals surface area contributed by atoms with Crippen LogP contribution in [0, 0.1) is 6.92 Å². The summed E-state index contributed by atoms with van der Waals surface area (Å²) in [6.07, 6.45) is 3.13. The van der Waals surface area contributed by atoms with Gasteiger partial charge in [0.1, 0.15) is 5.82 Å². The Morgan fingerprint density at radius 2 is 2.05 bits per heavy atom. The van der Waals surface area contributed by atoms with Gasteiger partial charge in [-0.1, -0.05) is 24.3 Å². The van der Waals surface area contributed by atoms with E-state index in [-0.39, 0.29) is 5.91 Å². The van der Waals surface area contributed by atoms with Gasteiger partial charge in [0.2, 0.25) is 5.91 Å². The van der Waals surface area contributed by atoms with Crippen molar-refractivity contribution < 1.29 is 4.79 Å². The predicted molar refractivity (Wildman–Crippen MR) is 84.2 cm³/mol. The third kappa shape index (κ3) is 3.11. The number of aromatic amines is 1. The Balaban J connectivity index is 1.63. The molecule has 0 radical (unpaired) electrons. The van der Waals surface area contributed by atoms with Crippen molar-refractivity contribution in [3.8, 4) is 0 Å². The number of carbonyl (C=O) groups is 1. The molecule has 0 fully saturated rings. The first-order valence-electron chi connectivity index (χ1n) is 7.01. The average Bonchev–Trinajstić information content (AvgIpc) is 2.88. The van der Waals surface area contributed by atoms with E-state index >= 15 is 0 Å². The second kappa shape index (κ2) is 5.79. The van der Waals surface area contributed by atoms with Crippen molar-refractivity contribution in [3.63, 3.8) is 0 Å². The van der Waals surface area contributed by atoms with E-state index in [9.17, 15) is 4.79 Å². The van der Waals surface area contributed by atoms with Crippen molar-refractivity contribution >= 4 is 22.6 Å². The maximum atomic E-state index is 12.0. The molecule has 0 saturated heterocycles. The normalized spacial score (nSPS) is 10.7. The molecular weight excluding hydrogens is 262 g/mol.